The van der Waals surface area contributed by atoms with Crippen molar-refractivity contribution in [3.05, 3.63) is 34.6 Å². The van der Waals surface area contributed by atoms with Gasteiger partial charge >= 0.3 is 0 Å². The number of halogens is 2. The second-order valence-corrected chi connectivity index (χ2v) is 5.53. The fourth-order valence-electron chi connectivity index (χ4n) is 2.60. The number of benzene rings is 1. The number of hydrogen-bond acceptors (Lipinski definition) is 1. The van der Waals surface area contributed by atoms with Crippen LogP contribution in [0.2, 0.25) is 5.02 Å². The van der Waals surface area contributed by atoms with Crippen LogP contribution in [0, 0.1) is 11.7 Å². The van der Waals surface area contributed by atoms with Crippen LogP contribution in [0.15, 0.2) is 18.2 Å². The third kappa shape index (κ3) is 4.77. The van der Waals surface area contributed by atoms with Crippen LogP contribution in [0.1, 0.15) is 45.1 Å². The molecule has 19 heavy (non-hydrogen) atoms. The summed E-state index contributed by atoms with van der Waals surface area (Å²) in [5, 5.41) is 3.56. The summed E-state index contributed by atoms with van der Waals surface area (Å²) in [6.45, 7) is 4.41. The summed E-state index contributed by atoms with van der Waals surface area (Å²) >= 11 is 5.84. The van der Waals surface area contributed by atoms with Crippen molar-refractivity contribution in [1.82, 2.24) is 5.32 Å². The molecule has 0 aromatic heterocycles. The van der Waals surface area contributed by atoms with E-state index in [4.69, 9.17) is 11.6 Å². The van der Waals surface area contributed by atoms with Crippen LogP contribution in [0.4, 0.5) is 4.39 Å². The Labute approximate surface area is 121 Å². The largest absolute Gasteiger partial charge is 0.316 e. The lowest BCUT2D eigenvalue weighted by molar-refractivity contribution is 0.328. The van der Waals surface area contributed by atoms with Crippen molar-refractivity contribution in [2.24, 2.45) is 5.92 Å². The van der Waals surface area contributed by atoms with Crippen LogP contribution in [0.5, 0.6) is 0 Å². The van der Waals surface area contributed by atoms with E-state index in [1.165, 1.54) is 19.3 Å². The topological polar surface area (TPSA) is 12.0 Å². The minimum atomic E-state index is -0.269. The highest BCUT2D eigenvalue weighted by atomic mass is 35.5. The molecule has 1 aromatic rings. The maximum Gasteiger partial charge on any atom is 0.145 e. The van der Waals surface area contributed by atoms with Gasteiger partial charge in [-0.3, -0.25) is 0 Å². The molecule has 0 aliphatic carbocycles. The minimum absolute atomic E-state index is 0.217. The zero-order valence-corrected chi connectivity index (χ0v) is 12.9. The maximum atomic E-state index is 14.0. The first-order chi connectivity index (χ1) is 9.13. The summed E-state index contributed by atoms with van der Waals surface area (Å²) in [5.41, 5.74) is 0.710. The number of unbranched alkanes of at least 4 members (excludes halogenated alkanes) is 1. The first kappa shape index (κ1) is 16.5. The third-order valence-corrected chi connectivity index (χ3v) is 4.16. The summed E-state index contributed by atoms with van der Waals surface area (Å²) in [6.07, 6.45) is 5.45. The highest BCUT2D eigenvalue weighted by Crippen LogP contribution is 2.24. The Morgan fingerprint density at radius 2 is 2.05 bits per heavy atom. The molecule has 0 spiro atoms. The monoisotopic (exact) mass is 285 g/mol. The third-order valence-electron chi connectivity index (χ3n) is 3.86. The van der Waals surface area contributed by atoms with Crippen LogP contribution in [0.3, 0.4) is 0 Å². The molecule has 1 nitrogen and oxygen atoms in total. The summed E-state index contributed by atoms with van der Waals surface area (Å²) < 4.78 is 14.0. The summed E-state index contributed by atoms with van der Waals surface area (Å²) in [4.78, 5) is 0. The molecule has 0 amide bonds. The SMILES string of the molecule is CCCCC(CC)C(Cc1cccc(Cl)c1F)NC. The zero-order valence-electron chi connectivity index (χ0n) is 12.2. The van der Waals surface area contributed by atoms with Crippen LogP contribution in [-0.4, -0.2) is 13.1 Å². The van der Waals surface area contributed by atoms with Crippen molar-refractivity contribution in [3.63, 3.8) is 0 Å². The number of likely N-dealkylation sites (N-methyl/N-ethyl adjacent to an activating group) is 1. The average molecular weight is 286 g/mol. The van der Waals surface area contributed by atoms with Gasteiger partial charge in [-0.15, -0.1) is 0 Å². The lowest BCUT2D eigenvalue weighted by Gasteiger charge is -2.26. The lowest BCUT2D eigenvalue weighted by Crippen LogP contribution is -2.35. The molecule has 1 N–H and O–H groups in total. The van der Waals surface area contributed by atoms with Crippen molar-refractivity contribution >= 4 is 11.6 Å². The fraction of sp³-hybridized carbons (Fsp3) is 0.625. The molecule has 1 aromatic carbocycles. The summed E-state index contributed by atoms with van der Waals surface area (Å²) in [6, 6.07) is 5.56. The van der Waals surface area contributed by atoms with Gasteiger partial charge in [0.1, 0.15) is 5.82 Å². The summed E-state index contributed by atoms with van der Waals surface area (Å²) in [7, 11) is 1.96. The predicted octanol–water partition coefficient (Wildman–Crippen LogP) is 4.83. The lowest BCUT2D eigenvalue weighted by atomic mass is 9.87. The Kier molecular flexibility index (Phi) is 7.40. The molecule has 0 fully saturated rings. The van der Waals surface area contributed by atoms with E-state index in [0.717, 1.165) is 6.42 Å². The first-order valence-electron chi connectivity index (χ1n) is 7.24. The van der Waals surface area contributed by atoms with Gasteiger partial charge in [-0.05, 0) is 37.4 Å². The van der Waals surface area contributed by atoms with Gasteiger partial charge in [0.25, 0.3) is 0 Å². The van der Waals surface area contributed by atoms with Crippen LogP contribution >= 0.6 is 11.6 Å². The zero-order chi connectivity index (χ0) is 14.3. The Morgan fingerprint density at radius 3 is 2.63 bits per heavy atom. The Hall–Kier alpha value is -0.600. The van der Waals surface area contributed by atoms with E-state index in [-0.39, 0.29) is 10.8 Å². The normalized spacial score (nSPS) is 14.4. The molecule has 0 bridgehead atoms. The molecule has 0 saturated carbocycles. The molecular weight excluding hydrogens is 261 g/mol. The van der Waals surface area contributed by atoms with E-state index >= 15 is 0 Å². The van der Waals surface area contributed by atoms with E-state index in [1.807, 2.05) is 19.2 Å². The van der Waals surface area contributed by atoms with Crippen LogP contribution in [0.25, 0.3) is 0 Å². The molecular formula is C16H25ClFN. The van der Waals surface area contributed by atoms with E-state index in [2.05, 4.69) is 19.2 Å². The number of nitrogens with one attached hydrogen (secondary N) is 1. The van der Waals surface area contributed by atoms with Gasteiger partial charge in [0.05, 0.1) is 5.02 Å². The van der Waals surface area contributed by atoms with Crippen molar-refractivity contribution in [1.29, 1.82) is 0 Å². The van der Waals surface area contributed by atoms with E-state index < -0.39 is 0 Å². The quantitative estimate of drug-likeness (QED) is 0.722. The Balaban J connectivity index is 2.77. The van der Waals surface area contributed by atoms with Gasteiger partial charge in [-0.2, -0.15) is 0 Å². The first-order valence-corrected chi connectivity index (χ1v) is 7.61. The molecule has 1 rings (SSSR count). The molecule has 0 saturated heterocycles. The summed E-state index contributed by atoms with van der Waals surface area (Å²) in [5.74, 6) is 0.318. The van der Waals surface area contributed by atoms with E-state index in [9.17, 15) is 4.39 Å². The van der Waals surface area contributed by atoms with Gasteiger partial charge < -0.3 is 5.32 Å². The highest BCUT2D eigenvalue weighted by molar-refractivity contribution is 6.30. The molecule has 0 aliphatic heterocycles. The van der Waals surface area contributed by atoms with Gasteiger partial charge in [-0.1, -0.05) is 56.8 Å². The van der Waals surface area contributed by atoms with Gasteiger partial charge in [0.2, 0.25) is 0 Å². The predicted molar refractivity (Wildman–Crippen MR) is 81.3 cm³/mol. The fourth-order valence-corrected chi connectivity index (χ4v) is 2.80. The molecule has 0 radical (unpaired) electrons. The second-order valence-electron chi connectivity index (χ2n) is 5.12. The molecule has 0 heterocycles. The van der Waals surface area contributed by atoms with Crippen LogP contribution in [-0.2, 0) is 6.42 Å². The Morgan fingerprint density at radius 1 is 1.32 bits per heavy atom. The minimum Gasteiger partial charge on any atom is -0.316 e. The van der Waals surface area contributed by atoms with Gasteiger partial charge in [0, 0.05) is 6.04 Å². The number of rotatable bonds is 8. The van der Waals surface area contributed by atoms with Crippen molar-refractivity contribution in [2.45, 2.75) is 52.0 Å². The second kappa shape index (κ2) is 8.55. The van der Waals surface area contributed by atoms with Crippen LogP contribution < -0.4 is 5.32 Å². The Bertz CT molecular complexity index is 381. The van der Waals surface area contributed by atoms with Gasteiger partial charge in [0.15, 0.2) is 0 Å². The van der Waals surface area contributed by atoms with Crippen molar-refractivity contribution in [3.8, 4) is 0 Å². The molecule has 0 aliphatic rings. The maximum absolute atomic E-state index is 14.0. The highest BCUT2D eigenvalue weighted by Gasteiger charge is 2.20. The van der Waals surface area contributed by atoms with Crippen molar-refractivity contribution in [2.75, 3.05) is 7.05 Å². The smallest absolute Gasteiger partial charge is 0.145 e. The van der Waals surface area contributed by atoms with Gasteiger partial charge in [-0.25, -0.2) is 4.39 Å². The molecule has 108 valence electrons. The molecule has 2 atom stereocenters. The number of hydrogen-bond donors (Lipinski definition) is 1. The average Bonchev–Trinajstić information content (AvgIpc) is 2.42. The van der Waals surface area contributed by atoms with E-state index in [1.54, 1.807) is 6.07 Å². The van der Waals surface area contributed by atoms with Crippen molar-refractivity contribution < 1.29 is 4.39 Å². The molecule has 2 unspecified atom stereocenters. The van der Waals surface area contributed by atoms with E-state index in [0.29, 0.717) is 23.9 Å². The molecule has 3 heteroatoms. The standard InChI is InChI=1S/C16H25ClFN/c1-4-6-8-12(5-2)15(19-3)11-13-9-7-10-14(17)16(13)18/h7,9-10,12,15,19H,4-6,8,11H2,1-3H3.